The van der Waals surface area contributed by atoms with Gasteiger partial charge in [-0.05, 0) is 38.0 Å². The zero-order valence-electron chi connectivity index (χ0n) is 18.9. The minimum Gasteiger partial charge on any atom is -0.484 e. The summed E-state index contributed by atoms with van der Waals surface area (Å²) in [6, 6.07) is 7.44. The van der Waals surface area contributed by atoms with Crippen molar-refractivity contribution in [2.45, 2.75) is 44.2 Å². The summed E-state index contributed by atoms with van der Waals surface area (Å²) in [5.41, 5.74) is -0.838. The predicted molar refractivity (Wildman–Crippen MR) is 119 cm³/mol. The van der Waals surface area contributed by atoms with Gasteiger partial charge in [0.15, 0.2) is 13.2 Å². The monoisotopic (exact) mass is 490 g/mol. The van der Waals surface area contributed by atoms with E-state index in [1.165, 1.54) is 19.2 Å². The highest BCUT2D eigenvalue weighted by atomic mass is 35.5. The highest BCUT2D eigenvalue weighted by Crippen LogP contribution is 2.49. The molecular weight excluding hydrogens is 467 g/mol. The van der Waals surface area contributed by atoms with E-state index in [1.54, 1.807) is 18.3 Å². The molecular formula is C23H24ClFN4O5. The minimum atomic E-state index is -0.605. The molecule has 0 saturated heterocycles. The Labute approximate surface area is 200 Å². The molecule has 2 heterocycles. The molecule has 9 nitrogen and oxygen atoms in total. The van der Waals surface area contributed by atoms with Crippen LogP contribution in [-0.4, -0.2) is 40.3 Å². The summed E-state index contributed by atoms with van der Waals surface area (Å²) >= 11 is 5.65. The molecule has 3 aromatic rings. The molecule has 0 aliphatic heterocycles. The van der Waals surface area contributed by atoms with Gasteiger partial charge in [-0.15, -0.1) is 10.2 Å². The molecule has 180 valence electrons. The molecule has 1 aliphatic carbocycles. The lowest BCUT2D eigenvalue weighted by molar-refractivity contribution is -0.127. The Morgan fingerprint density at radius 3 is 2.62 bits per heavy atom. The van der Waals surface area contributed by atoms with Crippen molar-refractivity contribution in [2.24, 2.45) is 0 Å². The number of carbonyl (C=O) groups is 1. The number of hydrogen-bond acceptors (Lipinski definition) is 8. The summed E-state index contributed by atoms with van der Waals surface area (Å²) in [5.74, 6) is 1.18. The summed E-state index contributed by atoms with van der Waals surface area (Å²) < 4.78 is 35.3. The van der Waals surface area contributed by atoms with Gasteiger partial charge < -0.3 is 23.9 Å². The Morgan fingerprint density at radius 1 is 1.18 bits per heavy atom. The topological polar surface area (TPSA) is 109 Å². The summed E-state index contributed by atoms with van der Waals surface area (Å²) in [7, 11) is 1.54. The van der Waals surface area contributed by atoms with Crippen LogP contribution >= 0.6 is 11.6 Å². The lowest BCUT2D eigenvalue weighted by Gasteiger charge is -2.51. The second kappa shape index (κ2) is 9.46. The molecule has 0 spiro atoms. The fraction of sp³-hybridized carbons (Fsp3) is 0.391. The van der Waals surface area contributed by atoms with Crippen LogP contribution in [0.3, 0.4) is 0 Å². The second-order valence-corrected chi connectivity index (χ2v) is 9.12. The van der Waals surface area contributed by atoms with Gasteiger partial charge in [0.25, 0.3) is 11.8 Å². The largest absolute Gasteiger partial charge is 0.484 e. The van der Waals surface area contributed by atoms with E-state index >= 15 is 0 Å². The van der Waals surface area contributed by atoms with Crippen molar-refractivity contribution in [3.8, 4) is 17.4 Å². The molecule has 1 saturated carbocycles. The average molecular weight is 491 g/mol. The van der Waals surface area contributed by atoms with Crippen LogP contribution in [0.1, 0.15) is 38.5 Å². The first-order valence-corrected chi connectivity index (χ1v) is 10.9. The van der Waals surface area contributed by atoms with Crippen molar-refractivity contribution in [3.63, 3.8) is 0 Å². The summed E-state index contributed by atoms with van der Waals surface area (Å²) in [4.78, 5) is 16.4. The second-order valence-electron chi connectivity index (χ2n) is 8.71. The van der Waals surface area contributed by atoms with Crippen LogP contribution < -0.4 is 19.5 Å². The number of nitrogens with one attached hydrogen (secondary N) is 1. The maximum Gasteiger partial charge on any atom is 0.258 e. The van der Waals surface area contributed by atoms with E-state index in [0.717, 1.165) is 6.07 Å². The van der Waals surface area contributed by atoms with Gasteiger partial charge in [0.2, 0.25) is 11.8 Å². The molecule has 11 heteroatoms. The standard InChI is InChI=1S/C23H24ClFN4O5/c1-22(21-29-28-20(34-21)11-33-15-5-7-19(31-3)26-9-15)12-23(2,13-22)27-18(30)10-32-14-4-6-16(24)17(25)8-14/h4-9H,10-13H2,1-3H3,(H,27,30). The fourth-order valence-corrected chi connectivity index (χ4v) is 4.39. The molecule has 1 amide bonds. The third-order valence-corrected chi connectivity index (χ3v) is 5.83. The van der Waals surface area contributed by atoms with Crippen molar-refractivity contribution >= 4 is 17.5 Å². The first-order chi connectivity index (χ1) is 16.2. The molecule has 0 unspecified atom stereocenters. The van der Waals surface area contributed by atoms with E-state index < -0.39 is 11.4 Å². The third kappa shape index (κ3) is 5.39. The molecule has 34 heavy (non-hydrogen) atoms. The molecule has 0 bridgehead atoms. The molecule has 4 rings (SSSR count). The van der Waals surface area contributed by atoms with Crippen LogP contribution in [0.2, 0.25) is 5.02 Å². The quantitative estimate of drug-likeness (QED) is 0.482. The number of benzene rings is 1. The van der Waals surface area contributed by atoms with E-state index in [9.17, 15) is 9.18 Å². The summed E-state index contributed by atoms with van der Waals surface area (Å²) in [6.45, 7) is 3.80. The summed E-state index contributed by atoms with van der Waals surface area (Å²) in [5, 5.41) is 11.2. The van der Waals surface area contributed by atoms with Gasteiger partial charge in [0.1, 0.15) is 17.3 Å². The zero-order valence-corrected chi connectivity index (χ0v) is 19.7. The lowest BCUT2D eigenvalue weighted by atomic mass is 9.59. The Bertz CT molecular complexity index is 1160. The molecule has 1 N–H and O–H groups in total. The predicted octanol–water partition coefficient (Wildman–Crippen LogP) is 3.85. The molecule has 1 fully saturated rings. The number of halogens is 2. The zero-order chi connectivity index (χ0) is 24.3. The number of rotatable bonds is 9. The number of hydrogen-bond donors (Lipinski definition) is 1. The van der Waals surface area contributed by atoms with E-state index in [2.05, 4.69) is 20.5 Å². The number of nitrogens with zero attached hydrogens (tertiary/aromatic N) is 3. The average Bonchev–Trinajstić information content (AvgIpc) is 3.27. The van der Waals surface area contributed by atoms with Gasteiger partial charge in [-0.2, -0.15) is 0 Å². The SMILES string of the molecule is COc1ccc(OCc2nnc(C3(C)CC(C)(NC(=O)COc4ccc(Cl)c(F)c4)C3)o2)cn1. The van der Waals surface area contributed by atoms with E-state index in [4.69, 9.17) is 30.2 Å². The van der Waals surface area contributed by atoms with Crippen molar-refractivity contribution in [2.75, 3.05) is 13.7 Å². The molecule has 1 aromatic carbocycles. The normalized spacial score (nSPS) is 21.4. The van der Waals surface area contributed by atoms with Gasteiger partial charge in [-0.25, -0.2) is 9.37 Å². The Kier molecular flexibility index (Phi) is 6.60. The van der Waals surface area contributed by atoms with E-state index in [0.29, 0.717) is 36.3 Å². The van der Waals surface area contributed by atoms with Gasteiger partial charge >= 0.3 is 0 Å². The number of amides is 1. The number of carbonyl (C=O) groups excluding carboxylic acids is 1. The van der Waals surface area contributed by atoms with Crippen LogP contribution in [0.15, 0.2) is 40.9 Å². The van der Waals surface area contributed by atoms with Crippen LogP contribution in [0, 0.1) is 5.82 Å². The Hall–Kier alpha value is -3.40. The first-order valence-electron chi connectivity index (χ1n) is 10.5. The van der Waals surface area contributed by atoms with E-state index in [1.807, 2.05) is 13.8 Å². The van der Waals surface area contributed by atoms with Gasteiger partial charge in [0, 0.05) is 17.7 Å². The van der Waals surface area contributed by atoms with Gasteiger partial charge in [-0.3, -0.25) is 4.79 Å². The number of methoxy groups -OCH3 is 1. The number of pyridine rings is 1. The maximum atomic E-state index is 13.5. The lowest BCUT2D eigenvalue weighted by Crippen LogP contribution is -2.61. The van der Waals surface area contributed by atoms with Gasteiger partial charge in [0.05, 0.1) is 23.7 Å². The summed E-state index contributed by atoms with van der Waals surface area (Å²) in [6.07, 6.45) is 2.75. The van der Waals surface area contributed by atoms with E-state index in [-0.39, 0.29) is 35.3 Å². The third-order valence-electron chi connectivity index (χ3n) is 5.53. The molecule has 2 aromatic heterocycles. The fourth-order valence-electron chi connectivity index (χ4n) is 4.27. The minimum absolute atomic E-state index is 0.00782. The van der Waals surface area contributed by atoms with Crippen LogP contribution in [0.5, 0.6) is 17.4 Å². The van der Waals surface area contributed by atoms with Crippen molar-refractivity contribution in [3.05, 3.63) is 59.1 Å². The van der Waals surface area contributed by atoms with Gasteiger partial charge in [-0.1, -0.05) is 18.5 Å². The van der Waals surface area contributed by atoms with Crippen LogP contribution in [0.4, 0.5) is 4.39 Å². The van der Waals surface area contributed by atoms with Crippen molar-refractivity contribution < 1.29 is 27.8 Å². The highest BCUT2D eigenvalue weighted by Gasteiger charge is 2.53. The highest BCUT2D eigenvalue weighted by molar-refractivity contribution is 6.30. The smallest absolute Gasteiger partial charge is 0.258 e. The molecule has 0 radical (unpaired) electrons. The Balaban J connectivity index is 1.26. The van der Waals surface area contributed by atoms with Crippen molar-refractivity contribution in [1.29, 1.82) is 0 Å². The van der Waals surface area contributed by atoms with Crippen LogP contribution in [-0.2, 0) is 16.8 Å². The van der Waals surface area contributed by atoms with Crippen LogP contribution in [0.25, 0.3) is 0 Å². The first kappa shape index (κ1) is 23.7. The number of ether oxygens (including phenoxy) is 3. The maximum absolute atomic E-state index is 13.5. The number of aromatic nitrogens is 3. The molecule has 0 atom stereocenters. The Morgan fingerprint density at radius 2 is 1.94 bits per heavy atom. The van der Waals surface area contributed by atoms with Crippen molar-refractivity contribution in [1.82, 2.24) is 20.5 Å². The molecule has 1 aliphatic rings.